The van der Waals surface area contributed by atoms with Crippen LogP contribution in [0.3, 0.4) is 0 Å². The number of rotatable bonds is 5. The van der Waals surface area contributed by atoms with Crippen molar-refractivity contribution in [1.29, 1.82) is 0 Å². The van der Waals surface area contributed by atoms with Crippen molar-refractivity contribution in [1.82, 2.24) is 5.43 Å². The summed E-state index contributed by atoms with van der Waals surface area (Å²) in [5, 5.41) is 12.9. The normalized spacial score (nSPS) is 11.0. The van der Waals surface area contributed by atoms with Gasteiger partial charge in [0.1, 0.15) is 0 Å². The molecule has 0 atom stereocenters. The van der Waals surface area contributed by atoms with Crippen molar-refractivity contribution < 1.29 is 14.7 Å². The van der Waals surface area contributed by atoms with E-state index in [9.17, 15) is 9.59 Å². The molecule has 0 bridgehead atoms. The Bertz CT molecular complexity index is 652. The second kappa shape index (κ2) is 7.00. The van der Waals surface area contributed by atoms with E-state index in [1.807, 2.05) is 30.3 Å². The van der Waals surface area contributed by atoms with E-state index in [-0.39, 0.29) is 18.0 Å². The number of carboxylic acid groups (broad SMARTS) is 1. The number of aliphatic carboxylic acids is 1. The molecule has 5 heteroatoms. The van der Waals surface area contributed by atoms with Gasteiger partial charge in [-0.2, -0.15) is 5.10 Å². The first-order valence-corrected chi connectivity index (χ1v) is 6.36. The molecule has 106 valence electrons. The van der Waals surface area contributed by atoms with E-state index < -0.39 is 5.97 Å². The van der Waals surface area contributed by atoms with Crippen LogP contribution in [0.5, 0.6) is 0 Å². The summed E-state index contributed by atoms with van der Waals surface area (Å²) in [5.74, 6) is -1.56. The van der Waals surface area contributed by atoms with E-state index >= 15 is 0 Å². The number of hydrazone groups is 1. The van der Waals surface area contributed by atoms with Crippen LogP contribution in [0.15, 0.2) is 65.8 Å². The Morgan fingerprint density at radius 1 is 0.952 bits per heavy atom. The fourth-order valence-corrected chi connectivity index (χ4v) is 1.77. The van der Waals surface area contributed by atoms with E-state index in [1.54, 1.807) is 30.3 Å². The lowest BCUT2D eigenvalue weighted by atomic mass is 10.1. The fourth-order valence-electron chi connectivity index (χ4n) is 1.77. The number of hydrogen-bond donors (Lipinski definition) is 2. The van der Waals surface area contributed by atoms with Crippen molar-refractivity contribution in [3.63, 3.8) is 0 Å². The third-order valence-electron chi connectivity index (χ3n) is 2.75. The van der Waals surface area contributed by atoms with Gasteiger partial charge >= 0.3 is 5.97 Å². The lowest BCUT2D eigenvalue weighted by molar-refractivity contribution is -0.129. The molecule has 5 nitrogen and oxygen atoms in total. The standard InChI is InChI=1S/C16H14N2O3/c19-14(11-12-7-3-1-4-8-12)17-18-15(16(20)21)13-9-5-2-6-10-13/h1-10H,11H2,(H,17,19)(H,20,21)/b18-15+. The first kappa shape index (κ1) is 14.5. The number of carbonyl (C=O) groups is 2. The highest BCUT2D eigenvalue weighted by Crippen LogP contribution is 2.02. The minimum absolute atomic E-state index is 0.145. The van der Waals surface area contributed by atoms with Crippen LogP contribution in [0.1, 0.15) is 11.1 Å². The lowest BCUT2D eigenvalue weighted by Crippen LogP contribution is -2.25. The van der Waals surface area contributed by atoms with Gasteiger partial charge in [-0.1, -0.05) is 60.7 Å². The minimum Gasteiger partial charge on any atom is -0.476 e. The van der Waals surface area contributed by atoms with E-state index in [1.165, 1.54) is 0 Å². The van der Waals surface area contributed by atoms with Crippen LogP contribution in [0.25, 0.3) is 0 Å². The molecule has 0 aliphatic rings. The topological polar surface area (TPSA) is 78.8 Å². The van der Waals surface area contributed by atoms with Gasteiger partial charge in [-0.3, -0.25) is 4.79 Å². The molecule has 0 aromatic heterocycles. The van der Waals surface area contributed by atoms with Crippen LogP contribution >= 0.6 is 0 Å². The second-order valence-corrected chi connectivity index (χ2v) is 4.33. The summed E-state index contributed by atoms with van der Waals surface area (Å²) < 4.78 is 0. The maximum Gasteiger partial charge on any atom is 0.356 e. The zero-order valence-corrected chi connectivity index (χ0v) is 11.2. The van der Waals surface area contributed by atoms with Gasteiger partial charge in [0.15, 0.2) is 5.71 Å². The molecule has 0 saturated carbocycles. The predicted octanol–water partition coefficient (Wildman–Crippen LogP) is 1.83. The molecular formula is C16H14N2O3. The zero-order chi connectivity index (χ0) is 15.1. The van der Waals surface area contributed by atoms with Crippen molar-refractivity contribution >= 4 is 17.6 Å². The molecule has 2 aromatic rings. The quantitative estimate of drug-likeness (QED) is 0.648. The van der Waals surface area contributed by atoms with Crippen LogP contribution in [-0.4, -0.2) is 22.7 Å². The first-order chi connectivity index (χ1) is 10.2. The SMILES string of the molecule is O=C(Cc1ccccc1)N/N=C(/C(=O)O)c1ccccc1. The van der Waals surface area contributed by atoms with Crippen LogP contribution in [0, 0.1) is 0 Å². The van der Waals surface area contributed by atoms with Gasteiger partial charge in [0.25, 0.3) is 0 Å². The number of nitrogens with zero attached hydrogens (tertiary/aromatic N) is 1. The molecule has 0 aliphatic heterocycles. The number of benzene rings is 2. The molecule has 0 fully saturated rings. The van der Waals surface area contributed by atoms with Crippen LogP contribution in [0.2, 0.25) is 0 Å². The molecule has 0 aliphatic carbocycles. The molecule has 0 radical (unpaired) electrons. The van der Waals surface area contributed by atoms with Gasteiger partial charge in [0.2, 0.25) is 5.91 Å². The smallest absolute Gasteiger partial charge is 0.356 e. The van der Waals surface area contributed by atoms with E-state index in [0.29, 0.717) is 5.56 Å². The number of hydrogen-bond acceptors (Lipinski definition) is 3. The Balaban J connectivity index is 2.07. The summed E-state index contributed by atoms with van der Waals surface area (Å²) in [7, 11) is 0. The van der Waals surface area contributed by atoms with Crippen LogP contribution < -0.4 is 5.43 Å². The van der Waals surface area contributed by atoms with Gasteiger partial charge in [-0.25, -0.2) is 10.2 Å². The Kier molecular flexibility index (Phi) is 4.82. The Labute approximate surface area is 121 Å². The molecule has 1 amide bonds. The average molecular weight is 282 g/mol. The molecule has 2 rings (SSSR count). The maximum atomic E-state index is 11.8. The minimum atomic E-state index is -1.19. The average Bonchev–Trinajstić information content (AvgIpc) is 2.49. The predicted molar refractivity (Wildman–Crippen MR) is 78.9 cm³/mol. The van der Waals surface area contributed by atoms with Crippen molar-refractivity contribution in [3.05, 3.63) is 71.8 Å². The largest absolute Gasteiger partial charge is 0.476 e. The number of carboxylic acids is 1. The Morgan fingerprint density at radius 3 is 2.10 bits per heavy atom. The molecular weight excluding hydrogens is 268 g/mol. The molecule has 2 N–H and O–H groups in total. The van der Waals surface area contributed by atoms with E-state index in [4.69, 9.17) is 5.11 Å². The highest BCUT2D eigenvalue weighted by molar-refractivity contribution is 6.42. The Hall–Kier alpha value is -2.95. The monoisotopic (exact) mass is 282 g/mol. The third kappa shape index (κ3) is 4.28. The Morgan fingerprint density at radius 2 is 1.52 bits per heavy atom. The van der Waals surface area contributed by atoms with Gasteiger partial charge < -0.3 is 5.11 Å². The summed E-state index contributed by atoms with van der Waals surface area (Å²) in [6, 6.07) is 17.6. The van der Waals surface area contributed by atoms with Crippen molar-refractivity contribution in [2.75, 3.05) is 0 Å². The lowest BCUT2D eigenvalue weighted by Gasteiger charge is -2.03. The fraction of sp³-hybridized carbons (Fsp3) is 0.0625. The van der Waals surface area contributed by atoms with E-state index in [2.05, 4.69) is 10.5 Å². The van der Waals surface area contributed by atoms with Gasteiger partial charge in [0.05, 0.1) is 6.42 Å². The molecule has 0 saturated heterocycles. The molecule has 0 heterocycles. The molecule has 21 heavy (non-hydrogen) atoms. The summed E-state index contributed by atoms with van der Waals surface area (Å²) in [6.07, 6.45) is 0.145. The molecule has 0 spiro atoms. The van der Waals surface area contributed by atoms with Gasteiger partial charge in [0, 0.05) is 5.56 Å². The highest BCUT2D eigenvalue weighted by atomic mass is 16.4. The second-order valence-electron chi connectivity index (χ2n) is 4.33. The number of nitrogens with one attached hydrogen (secondary N) is 1. The highest BCUT2D eigenvalue weighted by Gasteiger charge is 2.13. The van der Waals surface area contributed by atoms with Crippen LogP contribution in [0.4, 0.5) is 0 Å². The summed E-state index contributed by atoms with van der Waals surface area (Å²) in [5.41, 5.74) is 3.35. The van der Waals surface area contributed by atoms with E-state index in [0.717, 1.165) is 5.56 Å². The third-order valence-corrected chi connectivity index (χ3v) is 2.75. The summed E-state index contributed by atoms with van der Waals surface area (Å²) in [4.78, 5) is 22.9. The van der Waals surface area contributed by atoms with Crippen LogP contribution in [-0.2, 0) is 16.0 Å². The first-order valence-electron chi connectivity index (χ1n) is 6.36. The van der Waals surface area contributed by atoms with Gasteiger partial charge in [-0.05, 0) is 5.56 Å². The van der Waals surface area contributed by atoms with Gasteiger partial charge in [-0.15, -0.1) is 0 Å². The zero-order valence-electron chi connectivity index (χ0n) is 11.2. The summed E-state index contributed by atoms with van der Waals surface area (Å²) >= 11 is 0. The number of carbonyl (C=O) groups excluding carboxylic acids is 1. The number of amides is 1. The molecule has 2 aromatic carbocycles. The maximum absolute atomic E-state index is 11.8. The molecule has 0 unspecified atom stereocenters. The summed E-state index contributed by atoms with van der Waals surface area (Å²) in [6.45, 7) is 0. The van der Waals surface area contributed by atoms with Crippen molar-refractivity contribution in [2.45, 2.75) is 6.42 Å². The van der Waals surface area contributed by atoms with Crippen molar-refractivity contribution in [3.8, 4) is 0 Å². The van der Waals surface area contributed by atoms with Crippen molar-refractivity contribution in [2.24, 2.45) is 5.10 Å².